The van der Waals surface area contributed by atoms with Crippen LogP contribution in [0.5, 0.6) is 17.2 Å². The van der Waals surface area contributed by atoms with Crippen LogP contribution < -0.4 is 19.6 Å². The molecule has 1 aromatic heterocycles. The molecule has 0 unspecified atom stereocenters. The summed E-state index contributed by atoms with van der Waals surface area (Å²) in [7, 11) is 0. The Bertz CT molecular complexity index is 1350. The Hall–Kier alpha value is -3.81. The lowest BCUT2D eigenvalue weighted by atomic mass is 9.48. The van der Waals surface area contributed by atoms with Gasteiger partial charge < -0.3 is 14.2 Å². The topological polar surface area (TPSA) is 87.0 Å². The molecular weight excluding hydrogens is 516 g/mol. The van der Waals surface area contributed by atoms with Gasteiger partial charge in [0.15, 0.2) is 11.5 Å². The number of hydrogen-bond acceptors (Lipinski definition) is 6. The third-order valence-corrected chi connectivity index (χ3v) is 8.84. The van der Waals surface area contributed by atoms with Crippen molar-refractivity contribution in [2.45, 2.75) is 64.7 Å². The Kier molecular flexibility index (Phi) is 7.73. The van der Waals surface area contributed by atoms with E-state index in [1.165, 1.54) is 38.5 Å². The van der Waals surface area contributed by atoms with E-state index in [0.29, 0.717) is 42.6 Å². The van der Waals surface area contributed by atoms with Crippen molar-refractivity contribution < 1.29 is 19.0 Å². The van der Waals surface area contributed by atoms with Crippen molar-refractivity contribution in [2.75, 3.05) is 19.8 Å². The third-order valence-electron chi connectivity index (χ3n) is 8.84. The predicted octanol–water partition coefficient (Wildman–Crippen LogP) is 6.30. The van der Waals surface area contributed by atoms with Crippen LogP contribution in [-0.4, -0.2) is 41.7 Å². The average molecular weight is 557 g/mol. The lowest BCUT2D eigenvalue weighted by molar-refractivity contribution is -0.00739. The second kappa shape index (κ2) is 11.6. The third kappa shape index (κ3) is 5.44. The molecule has 8 nitrogen and oxygen atoms in total. The maximum absolute atomic E-state index is 13.3. The molecule has 1 amide bonds. The molecule has 4 bridgehead atoms. The van der Waals surface area contributed by atoms with Gasteiger partial charge in [0, 0.05) is 22.7 Å². The summed E-state index contributed by atoms with van der Waals surface area (Å²) in [4.78, 5) is 13.3. The highest BCUT2D eigenvalue weighted by molar-refractivity contribution is 5.96. The summed E-state index contributed by atoms with van der Waals surface area (Å²) in [5.74, 6) is 3.50. The van der Waals surface area contributed by atoms with Crippen LogP contribution in [0.4, 0.5) is 0 Å². The first-order valence-corrected chi connectivity index (χ1v) is 15.1. The first-order valence-electron chi connectivity index (χ1n) is 15.1. The Balaban J connectivity index is 1.29. The largest absolute Gasteiger partial charge is 0.490 e. The van der Waals surface area contributed by atoms with Crippen LogP contribution in [-0.2, 0) is 5.41 Å². The normalized spacial score (nSPS) is 24.5. The molecular formula is C33H40N4O4. The number of hydrazone groups is 1. The number of para-hydroxylation sites is 1. The van der Waals surface area contributed by atoms with Crippen molar-refractivity contribution in [3.8, 4) is 22.9 Å². The van der Waals surface area contributed by atoms with Gasteiger partial charge in [-0.1, -0.05) is 18.2 Å². The van der Waals surface area contributed by atoms with Gasteiger partial charge in [-0.3, -0.25) is 4.79 Å². The molecule has 4 aliphatic carbocycles. The van der Waals surface area contributed by atoms with E-state index in [1.54, 1.807) is 18.3 Å². The predicted molar refractivity (Wildman–Crippen MR) is 158 cm³/mol. The fraction of sp³-hybridized carbons (Fsp3) is 0.485. The van der Waals surface area contributed by atoms with Crippen molar-refractivity contribution in [1.29, 1.82) is 0 Å². The van der Waals surface area contributed by atoms with Gasteiger partial charge in [0.1, 0.15) is 0 Å². The minimum atomic E-state index is -0.349. The number of benzene rings is 2. The van der Waals surface area contributed by atoms with Gasteiger partial charge in [-0.25, -0.2) is 10.1 Å². The maximum Gasteiger partial charge on any atom is 0.271 e. The molecule has 3 aromatic rings. The summed E-state index contributed by atoms with van der Waals surface area (Å²) in [6.45, 7) is 7.02. The summed E-state index contributed by atoms with van der Waals surface area (Å²) in [5, 5.41) is 9.62. The van der Waals surface area contributed by atoms with Gasteiger partial charge in [-0.2, -0.15) is 10.2 Å². The highest BCUT2D eigenvalue weighted by atomic mass is 16.5. The van der Waals surface area contributed by atoms with Crippen LogP contribution in [0.3, 0.4) is 0 Å². The zero-order valence-corrected chi connectivity index (χ0v) is 24.3. The molecule has 4 saturated carbocycles. The Labute approximate surface area is 242 Å². The SMILES string of the molecule is CCOc1cc(C(=O)N/N=C/c2cn(-c3ccccc3)nc2C23CC4CC(CC(C4)C2)C3)cc(OCC)c1OCC. The summed E-state index contributed by atoms with van der Waals surface area (Å²) in [6.07, 6.45) is 11.5. The number of aromatic nitrogens is 2. The number of amides is 1. The number of ether oxygens (including phenoxy) is 3. The Morgan fingerprint density at radius 3 is 2.10 bits per heavy atom. The molecule has 8 heteroatoms. The molecule has 216 valence electrons. The van der Waals surface area contributed by atoms with Crippen LogP contribution in [0.2, 0.25) is 0 Å². The molecule has 2 aromatic carbocycles. The fourth-order valence-corrected chi connectivity index (χ4v) is 7.75. The zero-order valence-electron chi connectivity index (χ0n) is 24.3. The van der Waals surface area contributed by atoms with Crippen LogP contribution in [0.1, 0.15) is 80.9 Å². The van der Waals surface area contributed by atoms with E-state index < -0.39 is 0 Å². The van der Waals surface area contributed by atoms with E-state index in [0.717, 1.165) is 34.7 Å². The summed E-state index contributed by atoms with van der Waals surface area (Å²) < 4.78 is 19.3. The second-order valence-electron chi connectivity index (χ2n) is 11.7. The number of nitrogens with one attached hydrogen (secondary N) is 1. The van der Waals surface area contributed by atoms with Crippen molar-refractivity contribution in [2.24, 2.45) is 22.9 Å². The zero-order chi connectivity index (χ0) is 28.4. The number of hydrogen-bond donors (Lipinski definition) is 1. The summed E-state index contributed by atoms with van der Waals surface area (Å²) in [6, 6.07) is 13.6. The highest BCUT2D eigenvalue weighted by Gasteiger charge is 2.53. The molecule has 0 spiro atoms. The minimum absolute atomic E-state index is 0.0913. The lowest BCUT2D eigenvalue weighted by Gasteiger charge is -2.56. The van der Waals surface area contributed by atoms with E-state index in [1.807, 2.05) is 43.7 Å². The lowest BCUT2D eigenvalue weighted by Crippen LogP contribution is -2.49. The highest BCUT2D eigenvalue weighted by Crippen LogP contribution is 2.60. The monoisotopic (exact) mass is 556 g/mol. The average Bonchev–Trinajstić information content (AvgIpc) is 3.40. The smallest absolute Gasteiger partial charge is 0.271 e. The molecule has 41 heavy (non-hydrogen) atoms. The molecule has 0 radical (unpaired) electrons. The minimum Gasteiger partial charge on any atom is -0.490 e. The first kappa shape index (κ1) is 27.4. The quantitative estimate of drug-likeness (QED) is 0.221. The summed E-state index contributed by atoms with van der Waals surface area (Å²) >= 11 is 0. The van der Waals surface area contributed by atoms with E-state index in [2.05, 4.69) is 28.9 Å². The van der Waals surface area contributed by atoms with Crippen LogP contribution in [0.15, 0.2) is 53.8 Å². The van der Waals surface area contributed by atoms with Crippen molar-refractivity contribution in [1.82, 2.24) is 15.2 Å². The molecule has 0 aliphatic heterocycles. The van der Waals surface area contributed by atoms with Gasteiger partial charge in [0.05, 0.1) is 37.4 Å². The van der Waals surface area contributed by atoms with Crippen molar-refractivity contribution in [3.63, 3.8) is 0 Å². The summed E-state index contributed by atoms with van der Waals surface area (Å²) in [5.41, 5.74) is 6.31. The fourth-order valence-electron chi connectivity index (χ4n) is 7.75. The van der Waals surface area contributed by atoms with Gasteiger partial charge in [-0.05, 0) is 101 Å². The maximum atomic E-state index is 13.3. The van der Waals surface area contributed by atoms with Crippen LogP contribution in [0.25, 0.3) is 5.69 Å². The number of nitrogens with zero attached hydrogens (tertiary/aromatic N) is 3. The van der Waals surface area contributed by atoms with Gasteiger partial charge in [0.25, 0.3) is 5.91 Å². The van der Waals surface area contributed by atoms with Crippen LogP contribution >= 0.6 is 0 Å². The molecule has 4 fully saturated rings. The standard InChI is InChI=1S/C33H40N4O4/c1-4-39-28-15-25(16-29(40-5-2)30(28)41-6-3)32(38)35-34-20-26-21-37(27-10-8-7-9-11-27)36-31(26)33-17-22-12-23(18-33)14-24(13-22)19-33/h7-11,15-16,20-24H,4-6,12-14,17-19H2,1-3H3,(H,35,38)/b34-20+. The van der Waals surface area contributed by atoms with E-state index in [9.17, 15) is 4.79 Å². The number of carbonyl (C=O) groups is 1. The molecule has 1 N–H and O–H groups in total. The second-order valence-corrected chi connectivity index (χ2v) is 11.7. The number of carbonyl (C=O) groups excluding carboxylic acids is 1. The number of rotatable bonds is 11. The van der Waals surface area contributed by atoms with Gasteiger partial charge >= 0.3 is 0 Å². The van der Waals surface area contributed by atoms with E-state index >= 15 is 0 Å². The van der Waals surface area contributed by atoms with E-state index in [-0.39, 0.29) is 11.3 Å². The Morgan fingerprint density at radius 2 is 1.54 bits per heavy atom. The molecule has 4 aliphatic rings. The molecule has 1 heterocycles. The van der Waals surface area contributed by atoms with Crippen molar-refractivity contribution >= 4 is 12.1 Å². The van der Waals surface area contributed by atoms with Crippen LogP contribution in [0, 0.1) is 17.8 Å². The van der Waals surface area contributed by atoms with Gasteiger partial charge in [-0.15, -0.1) is 0 Å². The molecule has 0 saturated heterocycles. The first-order chi connectivity index (χ1) is 20.0. The molecule has 0 atom stereocenters. The van der Waals surface area contributed by atoms with Crippen molar-refractivity contribution in [3.05, 3.63) is 65.5 Å². The molecule has 7 rings (SSSR count). The van der Waals surface area contributed by atoms with E-state index in [4.69, 9.17) is 19.3 Å². The van der Waals surface area contributed by atoms with Gasteiger partial charge in [0.2, 0.25) is 5.75 Å². The Morgan fingerprint density at radius 1 is 0.951 bits per heavy atom.